The number of hydrogen-bond acceptors (Lipinski definition) is 3. The molecule has 0 saturated heterocycles. The minimum absolute atomic E-state index is 0.212. The molecule has 0 atom stereocenters. The molecular formula is C22H16N2O3. The van der Waals surface area contributed by atoms with Crippen molar-refractivity contribution >= 4 is 22.7 Å². The van der Waals surface area contributed by atoms with Crippen molar-refractivity contribution in [1.82, 2.24) is 9.97 Å². The van der Waals surface area contributed by atoms with Crippen LogP contribution in [0.2, 0.25) is 0 Å². The largest absolute Gasteiger partial charge is 0.508 e. The van der Waals surface area contributed by atoms with Crippen LogP contribution in [-0.4, -0.2) is 15.1 Å². The van der Waals surface area contributed by atoms with Crippen LogP contribution in [0.15, 0.2) is 65.5 Å². The van der Waals surface area contributed by atoms with Gasteiger partial charge in [0.25, 0.3) is 0 Å². The van der Waals surface area contributed by atoms with Gasteiger partial charge in [0.1, 0.15) is 18.1 Å². The molecule has 0 unspecified atom stereocenters. The number of phenols is 1. The fourth-order valence-corrected chi connectivity index (χ4v) is 3.52. The molecular weight excluding hydrogens is 340 g/mol. The highest BCUT2D eigenvalue weighted by molar-refractivity contribution is 5.96. The van der Waals surface area contributed by atoms with E-state index in [1.54, 1.807) is 12.1 Å². The molecule has 5 nitrogen and oxygen atoms in total. The molecule has 5 heteroatoms. The molecule has 1 aromatic heterocycles. The average Bonchev–Trinajstić information content (AvgIpc) is 2.97. The summed E-state index contributed by atoms with van der Waals surface area (Å²) in [4.78, 5) is 17.1. The number of imidazole rings is 1. The fourth-order valence-electron chi connectivity index (χ4n) is 3.52. The molecule has 27 heavy (non-hydrogen) atoms. The van der Waals surface area contributed by atoms with E-state index in [0.29, 0.717) is 6.61 Å². The van der Waals surface area contributed by atoms with Crippen molar-refractivity contribution in [2.75, 3.05) is 0 Å². The zero-order valence-electron chi connectivity index (χ0n) is 14.3. The molecule has 4 aromatic rings. The first-order chi connectivity index (χ1) is 13.2. The number of aromatic amines is 2. The number of nitrogens with one attached hydrogen (secondary N) is 2. The number of rotatable bonds is 1. The van der Waals surface area contributed by atoms with Crippen molar-refractivity contribution in [1.29, 1.82) is 0 Å². The summed E-state index contributed by atoms with van der Waals surface area (Å²) in [5, 5.41) is 10.0. The van der Waals surface area contributed by atoms with Crippen LogP contribution in [0, 0.1) is 0 Å². The van der Waals surface area contributed by atoms with Crippen LogP contribution in [0.25, 0.3) is 22.7 Å². The number of benzene rings is 3. The molecule has 5 rings (SSSR count). The maximum atomic E-state index is 11.5. The summed E-state index contributed by atoms with van der Waals surface area (Å²) < 4.78 is 5.98. The molecule has 132 valence electrons. The van der Waals surface area contributed by atoms with Crippen molar-refractivity contribution in [3.63, 3.8) is 0 Å². The lowest BCUT2D eigenvalue weighted by molar-refractivity contribution is 0.307. The number of hydrogen-bond donors (Lipinski definition) is 3. The average molecular weight is 356 g/mol. The van der Waals surface area contributed by atoms with E-state index in [1.807, 2.05) is 48.5 Å². The van der Waals surface area contributed by atoms with E-state index < -0.39 is 0 Å². The van der Waals surface area contributed by atoms with Gasteiger partial charge in [0.2, 0.25) is 0 Å². The van der Waals surface area contributed by atoms with Crippen LogP contribution in [-0.2, 0) is 6.61 Å². The SMILES string of the molecule is O=c1[nH]c2ccc(/C=C3\c4cc(O)ccc4COc4ccccc43)cc2[nH]1. The standard InChI is InChI=1S/C22H16N2O3/c25-15-7-6-14-12-27-21-4-2-1-3-16(21)18(17(14)11-15)9-13-5-8-19-20(10-13)24-22(26)23-19/h1-11,25H,12H2,(H2,23,24,26)/b18-9-. The summed E-state index contributed by atoms with van der Waals surface area (Å²) in [7, 11) is 0. The monoisotopic (exact) mass is 356 g/mol. The van der Waals surface area contributed by atoms with Gasteiger partial charge >= 0.3 is 5.69 Å². The Morgan fingerprint density at radius 3 is 2.70 bits per heavy atom. The van der Waals surface area contributed by atoms with Crippen LogP contribution in [0.4, 0.5) is 0 Å². The second kappa shape index (κ2) is 5.92. The fraction of sp³-hybridized carbons (Fsp3) is 0.0455. The maximum Gasteiger partial charge on any atom is 0.323 e. The lowest BCUT2D eigenvalue weighted by atomic mass is 9.92. The van der Waals surface area contributed by atoms with Crippen LogP contribution < -0.4 is 10.4 Å². The smallest absolute Gasteiger partial charge is 0.323 e. The van der Waals surface area contributed by atoms with E-state index >= 15 is 0 Å². The topological polar surface area (TPSA) is 78.1 Å². The first-order valence-corrected chi connectivity index (χ1v) is 8.65. The van der Waals surface area contributed by atoms with E-state index in [4.69, 9.17) is 4.74 Å². The highest BCUT2D eigenvalue weighted by Gasteiger charge is 2.19. The molecule has 0 saturated carbocycles. The third kappa shape index (κ3) is 2.69. The first-order valence-electron chi connectivity index (χ1n) is 8.65. The Morgan fingerprint density at radius 2 is 1.78 bits per heavy atom. The molecule has 0 amide bonds. The lowest BCUT2D eigenvalue weighted by Crippen LogP contribution is -1.99. The molecule has 0 bridgehead atoms. The molecule has 0 aliphatic carbocycles. The van der Waals surface area contributed by atoms with Gasteiger partial charge < -0.3 is 19.8 Å². The predicted molar refractivity (Wildman–Crippen MR) is 105 cm³/mol. The van der Waals surface area contributed by atoms with E-state index in [-0.39, 0.29) is 11.4 Å². The van der Waals surface area contributed by atoms with E-state index in [1.165, 1.54) is 0 Å². The van der Waals surface area contributed by atoms with Crippen LogP contribution in [0.3, 0.4) is 0 Å². The Hall–Kier alpha value is -3.73. The Labute approximate surface area is 154 Å². The molecule has 0 radical (unpaired) electrons. The zero-order chi connectivity index (χ0) is 18.4. The Balaban J connectivity index is 1.76. The Kier molecular flexibility index (Phi) is 3.40. The van der Waals surface area contributed by atoms with Gasteiger partial charge in [-0.2, -0.15) is 0 Å². The Morgan fingerprint density at radius 1 is 0.926 bits per heavy atom. The van der Waals surface area contributed by atoms with Gasteiger partial charge in [-0.05, 0) is 58.7 Å². The summed E-state index contributed by atoms with van der Waals surface area (Å²) in [6, 6.07) is 19.0. The molecule has 3 aromatic carbocycles. The van der Waals surface area contributed by atoms with Crippen LogP contribution >= 0.6 is 0 Å². The number of H-pyrrole nitrogens is 2. The number of aromatic hydroxyl groups is 1. The van der Waals surface area contributed by atoms with E-state index in [2.05, 4.69) is 16.0 Å². The second-order valence-electron chi connectivity index (χ2n) is 6.57. The van der Waals surface area contributed by atoms with Gasteiger partial charge in [0, 0.05) is 5.56 Å². The van der Waals surface area contributed by atoms with Crippen molar-refractivity contribution < 1.29 is 9.84 Å². The normalized spacial score (nSPS) is 14.4. The molecule has 1 aliphatic rings. The summed E-state index contributed by atoms with van der Waals surface area (Å²) in [6.07, 6.45) is 2.05. The summed E-state index contributed by atoms with van der Waals surface area (Å²) in [6.45, 7) is 0.439. The molecule has 0 spiro atoms. The van der Waals surface area contributed by atoms with Gasteiger partial charge in [-0.3, -0.25) is 0 Å². The number of fused-ring (bicyclic) bond motifs is 3. The number of phenolic OH excluding ortho intramolecular Hbond substituents is 1. The van der Waals surface area contributed by atoms with Crippen LogP contribution in [0.5, 0.6) is 11.5 Å². The summed E-state index contributed by atoms with van der Waals surface area (Å²) in [5.41, 5.74) is 6.11. The lowest BCUT2D eigenvalue weighted by Gasteiger charge is -2.11. The highest BCUT2D eigenvalue weighted by Crippen LogP contribution is 2.39. The second-order valence-corrected chi connectivity index (χ2v) is 6.57. The van der Waals surface area contributed by atoms with Gasteiger partial charge in [-0.25, -0.2) is 4.79 Å². The van der Waals surface area contributed by atoms with Gasteiger partial charge in [0.05, 0.1) is 11.0 Å². The quantitative estimate of drug-likeness (QED) is 0.482. The van der Waals surface area contributed by atoms with Gasteiger partial charge in [0.15, 0.2) is 0 Å². The van der Waals surface area contributed by atoms with Gasteiger partial charge in [-0.1, -0.05) is 30.3 Å². The number of para-hydroxylation sites is 1. The summed E-state index contributed by atoms with van der Waals surface area (Å²) in [5.74, 6) is 1.01. The predicted octanol–water partition coefficient (Wildman–Crippen LogP) is 4.04. The summed E-state index contributed by atoms with van der Waals surface area (Å²) >= 11 is 0. The molecule has 0 fully saturated rings. The zero-order valence-corrected chi connectivity index (χ0v) is 14.3. The minimum Gasteiger partial charge on any atom is -0.508 e. The van der Waals surface area contributed by atoms with E-state index in [9.17, 15) is 9.90 Å². The van der Waals surface area contributed by atoms with Crippen molar-refractivity contribution in [2.45, 2.75) is 6.61 Å². The van der Waals surface area contributed by atoms with E-state index in [0.717, 1.165) is 44.6 Å². The minimum atomic E-state index is -0.224. The van der Waals surface area contributed by atoms with Crippen molar-refractivity contribution in [3.8, 4) is 11.5 Å². The third-order valence-corrected chi connectivity index (χ3v) is 4.80. The Bertz CT molecular complexity index is 1260. The van der Waals surface area contributed by atoms with Crippen molar-refractivity contribution in [2.24, 2.45) is 0 Å². The number of ether oxygens (including phenoxy) is 1. The molecule has 2 heterocycles. The molecule has 1 aliphatic heterocycles. The third-order valence-electron chi connectivity index (χ3n) is 4.80. The highest BCUT2D eigenvalue weighted by atomic mass is 16.5. The molecule has 3 N–H and O–H groups in total. The van der Waals surface area contributed by atoms with Crippen LogP contribution in [0.1, 0.15) is 22.3 Å². The first kappa shape index (κ1) is 15.5. The maximum absolute atomic E-state index is 11.5. The van der Waals surface area contributed by atoms with Gasteiger partial charge in [-0.15, -0.1) is 0 Å². The van der Waals surface area contributed by atoms with Crippen molar-refractivity contribution in [3.05, 3.63) is 93.4 Å². The number of aromatic nitrogens is 2.